The number of nitrogens with zero attached hydrogens (tertiary/aromatic N) is 3. The minimum atomic E-state index is 0.659. The van der Waals surface area contributed by atoms with Gasteiger partial charge in [-0.1, -0.05) is 0 Å². The molecule has 2 rings (SSSR count). The van der Waals surface area contributed by atoms with Crippen LogP contribution in [0.15, 0.2) is 30.3 Å². The Morgan fingerprint density at radius 2 is 2.00 bits per heavy atom. The first-order valence-electron chi connectivity index (χ1n) is 4.97. The van der Waals surface area contributed by atoms with Crippen molar-refractivity contribution in [2.75, 3.05) is 5.32 Å². The summed E-state index contributed by atoms with van der Waals surface area (Å²) in [7, 11) is 1.89. The third-order valence-electron chi connectivity index (χ3n) is 2.29. The van der Waals surface area contributed by atoms with Crippen LogP contribution in [0.25, 0.3) is 0 Å². The smallest absolute Gasteiger partial charge is 0.128 e. The van der Waals surface area contributed by atoms with E-state index in [0.717, 1.165) is 17.2 Å². The maximum atomic E-state index is 8.68. The maximum Gasteiger partial charge on any atom is 0.128 e. The van der Waals surface area contributed by atoms with Crippen LogP contribution in [0.5, 0.6) is 0 Å². The highest BCUT2D eigenvalue weighted by Gasteiger charge is 2.01. The first-order chi connectivity index (χ1) is 7.69. The summed E-state index contributed by atoms with van der Waals surface area (Å²) in [6, 6.07) is 11.4. The van der Waals surface area contributed by atoms with Gasteiger partial charge >= 0.3 is 0 Å². The van der Waals surface area contributed by atoms with Crippen molar-refractivity contribution in [3.8, 4) is 6.07 Å². The Kier molecular flexibility index (Phi) is 2.61. The molecule has 4 heteroatoms. The molecule has 1 aromatic carbocycles. The van der Waals surface area contributed by atoms with Crippen LogP contribution >= 0.6 is 0 Å². The maximum absolute atomic E-state index is 8.68. The normalized spacial score (nSPS) is 9.81. The van der Waals surface area contributed by atoms with Crippen molar-refractivity contribution in [2.24, 2.45) is 7.05 Å². The van der Waals surface area contributed by atoms with Gasteiger partial charge in [-0.2, -0.15) is 10.4 Å². The van der Waals surface area contributed by atoms with Crippen molar-refractivity contribution in [1.29, 1.82) is 5.26 Å². The van der Waals surface area contributed by atoms with Gasteiger partial charge in [0.2, 0.25) is 0 Å². The van der Waals surface area contributed by atoms with Gasteiger partial charge in [0.1, 0.15) is 5.82 Å². The van der Waals surface area contributed by atoms with Crippen LogP contribution in [0, 0.1) is 18.3 Å². The molecule has 0 amide bonds. The van der Waals surface area contributed by atoms with Crippen LogP contribution in [0.2, 0.25) is 0 Å². The molecule has 1 aromatic heterocycles. The fourth-order valence-electron chi connectivity index (χ4n) is 1.50. The molecule has 0 aliphatic heterocycles. The first kappa shape index (κ1) is 10.2. The van der Waals surface area contributed by atoms with Crippen LogP contribution in [0.1, 0.15) is 11.3 Å². The van der Waals surface area contributed by atoms with Gasteiger partial charge in [0.15, 0.2) is 0 Å². The number of anilines is 2. The molecular formula is C12H12N4. The highest BCUT2D eigenvalue weighted by Crippen LogP contribution is 2.17. The van der Waals surface area contributed by atoms with Gasteiger partial charge in [0.05, 0.1) is 17.3 Å². The van der Waals surface area contributed by atoms with Crippen molar-refractivity contribution in [3.05, 3.63) is 41.6 Å². The van der Waals surface area contributed by atoms with E-state index in [-0.39, 0.29) is 0 Å². The van der Waals surface area contributed by atoms with Crippen LogP contribution in [-0.4, -0.2) is 9.78 Å². The lowest BCUT2D eigenvalue weighted by Gasteiger charge is -2.05. The van der Waals surface area contributed by atoms with Crippen LogP contribution in [0.4, 0.5) is 11.5 Å². The molecule has 0 aliphatic rings. The first-order valence-corrected chi connectivity index (χ1v) is 4.97. The summed E-state index contributed by atoms with van der Waals surface area (Å²) in [6.07, 6.45) is 0. The van der Waals surface area contributed by atoms with Crippen molar-refractivity contribution in [3.63, 3.8) is 0 Å². The molecule has 16 heavy (non-hydrogen) atoms. The fraction of sp³-hybridized carbons (Fsp3) is 0.167. The summed E-state index contributed by atoms with van der Waals surface area (Å²) in [5, 5.41) is 16.2. The molecular weight excluding hydrogens is 200 g/mol. The summed E-state index contributed by atoms with van der Waals surface area (Å²) < 4.78 is 1.79. The van der Waals surface area contributed by atoms with E-state index in [0.29, 0.717) is 5.56 Å². The zero-order chi connectivity index (χ0) is 11.5. The molecule has 0 saturated carbocycles. The third-order valence-corrected chi connectivity index (χ3v) is 2.29. The van der Waals surface area contributed by atoms with Gasteiger partial charge < -0.3 is 5.32 Å². The predicted octanol–water partition coefficient (Wildman–Crippen LogP) is 2.34. The summed E-state index contributed by atoms with van der Waals surface area (Å²) >= 11 is 0. The van der Waals surface area contributed by atoms with E-state index < -0.39 is 0 Å². The Morgan fingerprint density at radius 1 is 1.31 bits per heavy atom. The summed E-state index contributed by atoms with van der Waals surface area (Å²) in [4.78, 5) is 0. The van der Waals surface area contributed by atoms with Crippen molar-refractivity contribution >= 4 is 11.5 Å². The second kappa shape index (κ2) is 4.07. The van der Waals surface area contributed by atoms with Crippen LogP contribution < -0.4 is 5.32 Å². The molecule has 0 spiro atoms. The average molecular weight is 212 g/mol. The highest BCUT2D eigenvalue weighted by atomic mass is 15.3. The number of hydrogen-bond acceptors (Lipinski definition) is 3. The molecule has 0 saturated heterocycles. The van der Waals surface area contributed by atoms with E-state index in [9.17, 15) is 0 Å². The average Bonchev–Trinajstić information content (AvgIpc) is 2.59. The Labute approximate surface area is 94.1 Å². The number of nitriles is 1. The largest absolute Gasteiger partial charge is 0.340 e. The minimum absolute atomic E-state index is 0.659. The van der Waals surface area contributed by atoms with Crippen LogP contribution in [0.3, 0.4) is 0 Å². The Balaban J connectivity index is 2.21. The van der Waals surface area contributed by atoms with Crippen molar-refractivity contribution in [1.82, 2.24) is 9.78 Å². The number of benzene rings is 1. The molecule has 80 valence electrons. The number of aryl methyl sites for hydroxylation is 2. The van der Waals surface area contributed by atoms with E-state index in [4.69, 9.17) is 5.26 Å². The Morgan fingerprint density at radius 3 is 2.50 bits per heavy atom. The second-order valence-electron chi connectivity index (χ2n) is 3.61. The van der Waals surface area contributed by atoms with Gasteiger partial charge in [-0.25, -0.2) is 0 Å². The molecule has 0 unspecified atom stereocenters. The number of nitrogens with one attached hydrogen (secondary N) is 1. The molecule has 4 nitrogen and oxygen atoms in total. The molecule has 2 aromatic rings. The summed E-state index contributed by atoms with van der Waals surface area (Å²) in [6.45, 7) is 1.95. The standard InChI is InChI=1S/C12H12N4/c1-9-7-12(16(2)15-9)14-11-5-3-10(8-13)4-6-11/h3-7,14H,1-2H3. The fourth-order valence-corrected chi connectivity index (χ4v) is 1.50. The van der Waals surface area contributed by atoms with Gasteiger partial charge in [-0.3, -0.25) is 4.68 Å². The van der Waals surface area contributed by atoms with E-state index in [1.807, 2.05) is 32.2 Å². The molecule has 1 N–H and O–H groups in total. The molecule has 0 fully saturated rings. The van der Waals surface area contributed by atoms with E-state index >= 15 is 0 Å². The lowest BCUT2D eigenvalue weighted by molar-refractivity contribution is 0.765. The number of hydrogen-bond donors (Lipinski definition) is 1. The van der Waals surface area contributed by atoms with E-state index in [1.54, 1.807) is 16.8 Å². The zero-order valence-corrected chi connectivity index (χ0v) is 9.23. The Bertz CT molecular complexity index is 531. The second-order valence-corrected chi connectivity index (χ2v) is 3.61. The molecule has 0 atom stereocenters. The summed E-state index contributed by atoms with van der Waals surface area (Å²) in [5.41, 5.74) is 2.58. The molecule has 1 heterocycles. The SMILES string of the molecule is Cc1cc(Nc2ccc(C#N)cc2)n(C)n1. The van der Waals surface area contributed by atoms with E-state index in [1.165, 1.54) is 0 Å². The van der Waals surface area contributed by atoms with Crippen LogP contribution in [-0.2, 0) is 7.05 Å². The van der Waals surface area contributed by atoms with Crippen molar-refractivity contribution in [2.45, 2.75) is 6.92 Å². The van der Waals surface area contributed by atoms with Gasteiger partial charge in [0, 0.05) is 18.8 Å². The quantitative estimate of drug-likeness (QED) is 0.831. The third kappa shape index (κ3) is 2.04. The number of aromatic nitrogens is 2. The lowest BCUT2D eigenvalue weighted by atomic mass is 10.2. The van der Waals surface area contributed by atoms with E-state index in [2.05, 4.69) is 16.5 Å². The number of rotatable bonds is 2. The van der Waals surface area contributed by atoms with Gasteiger partial charge in [0.25, 0.3) is 0 Å². The molecule has 0 radical (unpaired) electrons. The monoisotopic (exact) mass is 212 g/mol. The summed E-state index contributed by atoms with van der Waals surface area (Å²) in [5.74, 6) is 0.933. The zero-order valence-electron chi connectivity index (χ0n) is 9.23. The highest BCUT2D eigenvalue weighted by molar-refractivity contribution is 5.57. The minimum Gasteiger partial charge on any atom is -0.340 e. The van der Waals surface area contributed by atoms with Crippen molar-refractivity contribution < 1.29 is 0 Å². The van der Waals surface area contributed by atoms with Gasteiger partial charge in [-0.05, 0) is 31.2 Å². The molecule has 0 aliphatic carbocycles. The Hall–Kier alpha value is -2.28. The topological polar surface area (TPSA) is 53.6 Å². The molecule has 0 bridgehead atoms. The predicted molar refractivity (Wildman–Crippen MR) is 62.4 cm³/mol. The lowest BCUT2D eigenvalue weighted by Crippen LogP contribution is -1.98. The van der Waals surface area contributed by atoms with Gasteiger partial charge in [-0.15, -0.1) is 0 Å².